The molecule has 2 N–H and O–H groups in total. The molecular weight excluding hydrogens is 200 g/mol. The van der Waals surface area contributed by atoms with Gasteiger partial charge < -0.3 is 10.2 Å². The second-order valence-electron chi connectivity index (χ2n) is 4.85. The van der Waals surface area contributed by atoms with Gasteiger partial charge in [-0.1, -0.05) is 51.1 Å². The van der Waals surface area contributed by atoms with E-state index in [1.807, 2.05) is 51.1 Å². The van der Waals surface area contributed by atoms with Crippen LogP contribution >= 0.6 is 0 Å². The molecule has 3 atom stereocenters. The van der Waals surface area contributed by atoms with Gasteiger partial charge in [-0.15, -0.1) is 0 Å². The van der Waals surface area contributed by atoms with Gasteiger partial charge in [-0.05, 0) is 17.9 Å². The van der Waals surface area contributed by atoms with Crippen LogP contribution in [0.1, 0.15) is 26.3 Å². The normalized spacial score (nSPS) is 17.1. The second kappa shape index (κ2) is 6.02. The van der Waals surface area contributed by atoms with Gasteiger partial charge in [0.1, 0.15) is 0 Å². The highest BCUT2D eigenvalue weighted by molar-refractivity contribution is 5.15. The molecule has 3 unspecified atom stereocenters. The number of hydrogen-bond acceptors (Lipinski definition) is 2. The molecule has 1 rings (SSSR count). The van der Waals surface area contributed by atoms with E-state index >= 15 is 0 Å². The van der Waals surface area contributed by atoms with Gasteiger partial charge in [0, 0.05) is 5.92 Å². The lowest BCUT2D eigenvalue weighted by atomic mass is 9.87. The summed E-state index contributed by atoms with van der Waals surface area (Å²) in [5.41, 5.74) is 1.11. The lowest BCUT2D eigenvalue weighted by Crippen LogP contribution is -2.34. The smallest absolute Gasteiger partial charge is 0.0630 e. The molecule has 0 saturated heterocycles. The highest BCUT2D eigenvalue weighted by Crippen LogP contribution is 2.18. The fraction of sp³-hybridized carbons (Fsp3) is 0.571. The zero-order chi connectivity index (χ0) is 12.1. The third kappa shape index (κ3) is 3.62. The van der Waals surface area contributed by atoms with E-state index in [1.54, 1.807) is 0 Å². The first-order valence-corrected chi connectivity index (χ1v) is 5.92. The molecule has 0 heterocycles. The van der Waals surface area contributed by atoms with E-state index in [4.69, 9.17) is 0 Å². The summed E-state index contributed by atoms with van der Waals surface area (Å²) in [6, 6.07) is 9.88. The van der Waals surface area contributed by atoms with Crippen molar-refractivity contribution in [3.63, 3.8) is 0 Å². The van der Waals surface area contributed by atoms with E-state index in [1.165, 1.54) is 0 Å². The van der Waals surface area contributed by atoms with E-state index in [9.17, 15) is 10.2 Å². The lowest BCUT2D eigenvalue weighted by molar-refractivity contribution is -0.00154. The van der Waals surface area contributed by atoms with Gasteiger partial charge in [-0.25, -0.2) is 0 Å². The zero-order valence-electron chi connectivity index (χ0n) is 10.3. The third-order valence-electron chi connectivity index (χ3n) is 3.12. The van der Waals surface area contributed by atoms with Crippen LogP contribution in [0, 0.1) is 11.8 Å². The highest BCUT2D eigenvalue weighted by Gasteiger charge is 2.24. The van der Waals surface area contributed by atoms with Crippen molar-refractivity contribution < 1.29 is 10.2 Å². The SMILES string of the molecule is CC(C)C(O)C(C)C(O)Cc1ccccc1. The van der Waals surface area contributed by atoms with Crippen molar-refractivity contribution in [3.05, 3.63) is 35.9 Å². The maximum absolute atomic E-state index is 10.0. The molecule has 0 radical (unpaired) electrons. The van der Waals surface area contributed by atoms with Crippen LogP contribution in [0.5, 0.6) is 0 Å². The minimum absolute atomic E-state index is 0.0970. The van der Waals surface area contributed by atoms with Crippen molar-refractivity contribution in [2.45, 2.75) is 39.4 Å². The Morgan fingerprint density at radius 2 is 1.56 bits per heavy atom. The first-order chi connectivity index (χ1) is 7.52. The lowest BCUT2D eigenvalue weighted by Gasteiger charge is -2.26. The van der Waals surface area contributed by atoms with Crippen molar-refractivity contribution in [3.8, 4) is 0 Å². The summed E-state index contributed by atoms with van der Waals surface area (Å²) in [6.45, 7) is 5.84. The topological polar surface area (TPSA) is 40.5 Å². The van der Waals surface area contributed by atoms with E-state index in [0.29, 0.717) is 6.42 Å². The molecule has 0 aliphatic carbocycles. The Morgan fingerprint density at radius 1 is 1.00 bits per heavy atom. The Kier molecular flexibility index (Phi) is 4.97. The van der Waals surface area contributed by atoms with Gasteiger partial charge in [0.15, 0.2) is 0 Å². The molecule has 0 spiro atoms. The van der Waals surface area contributed by atoms with Gasteiger partial charge in [0.25, 0.3) is 0 Å². The quantitative estimate of drug-likeness (QED) is 0.802. The molecule has 2 heteroatoms. The molecule has 1 aromatic carbocycles. The number of aliphatic hydroxyl groups excluding tert-OH is 2. The molecule has 16 heavy (non-hydrogen) atoms. The van der Waals surface area contributed by atoms with E-state index in [0.717, 1.165) is 5.56 Å². The van der Waals surface area contributed by atoms with Crippen molar-refractivity contribution >= 4 is 0 Å². The Hall–Kier alpha value is -0.860. The standard InChI is InChI=1S/C14H22O2/c1-10(2)14(16)11(3)13(15)9-12-7-5-4-6-8-12/h4-8,10-11,13-16H,9H2,1-3H3. The van der Waals surface area contributed by atoms with Crippen molar-refractivity contribution in [2.24, 2.45) is 11.8 Å². The molecule has 0 aromatic heterocycles. The second-order valence-corrected chi connectivity index (χ2v) is 4.85. The van der Waals surface area contributed by atoms with Crippen LogP contribution in [0.2, 0.25) is 0 Å². The van der Waals surface area contributed by atoms with Gasteiger partial charge >= 0.3 is 0 Å². The van der Waals surface area contributed by atoms with E-state index in [-0.39, 0.29) is 11.8 Å². The molecule has 0 bridgehead atoms. The van der Waals surface area contributed by atoms with Crippen molar-refractivity contribution in [1.29, 1.82) is 0 Å². The Morgan fingerprint density at radius 3 is 2.06 bits per heavy atom. The van der Waals surface area contributed by atoms with Crippen LogP contribution in [0.25, 0.3) is 0 Å². The summed E-state index contributed by atoms with van der Waals surface area (Å²) in [6.07, 6.45) is -0.329. The predicted molar refractivity (Wildman–Crippen MR) is 66.2 cm³/mol. The minimum Gasteiger partial charge on any atom is -0.392 e. The monoisotopic (exact) mass is 222 g/mol. The number of hydrogen-bond donors (Lipinski definition) is 2. The van der Waals surface area contributed by atoms with Crippen LogP contribution in [-0.2, 0) is 6.42 Å². The van der Waals surface area contributed by atoms with Crippen molar-refractivity contribution in [1.82, 2.24) is 0 Å². The molecule has 0 saturated carbocycles. The molecule has 2 nitrogen and oxygen atoms in total. The Balaban J connectivity index is 2.55. The predicted octanol–water partition coefficient (Wildman–Crippen LogP) is 2.24. The molecule has 0 aliphatic heterocycles. The van der Waals surface area contributed by atoms with Gasteiger partial charge in [0.05, 0.1) is 12.2 Å². The molecular formula is C14H22O2. The average Bonchev–Trinajstić information content (AvgIpc) is 2.28. The number of benzene rings is 1. The van der Waals surface area contributed by atoms with Crippen LogP contribution in [0.15, 0.2) is 30.3 Å². The van der Waals surface area contributed by atoms with Crippen LogP contribution < -0.4 is 0 Å². The first-order valence-electron chi connectivity index (χ1n) is 5.92. The molecule has 0 amide bonds. The maximum Gasteiger partial charge on any atom is 0.0630 e. The summed E-state index contributed by atoms with van der Waals surface area (Å²) >= 11 is 0. The third-order valence-corrected chi connectivity index (χ3v) is 3.12. The molecule has 90 valence electrons. The van der Waals surface area contributed by atoms with Crippen molar-refractivity contribution in [2.75, 3.05) is 0 Å². The van der Waals surface area contributed by atoms with E-state index < -0.39 is 12.2 Å². The van der Waals surface area contributed by atoms with E-state index in [2.05, 4.69) is 0 Å². The van der Waals surface area contributed by atoms with Crippen LogP contribution in [-0.4, -0.2) is 22.4 Å². The first kappa shape index (κ1) is 13.2. The minimum atomic E-state index is -0.486. The summed E-state index contributed by atoms with van der Waals surface area (Å²) in [5, 5.41) is 19.9. The molecule has 0 aliphatic rings. The zero-order valence-corrected chi connectivity index (χ0v) is 10.3. The van der Waals surface area contributed by atoms with Gasteiger partial charge in [-0.2, -0.15) is 0 Å². The molecule has 1 aromatic rings. The summed E-state index contributed by atoms with van der Waals surface area (Å²) in [7, 11) is 0. The van der Waals surface area contributed by atoms with Crippen LogP contribution in [0.4, 0.5) is 0 Å². The summed E-state index contributed by atoms with van der Waals surface area (Å²) in [5.74, 6) is 0.0839. The Labute approximate surface area is 97.9 Å². The average molecular weight is 222 g/mol. The largest absolute Gasteiger partial charge is 0.392 e. The number of aliphatic hydroxyl groups is 2. The summed E-state index contributed by atoms with van der Waals surface area (Å²) < 4.78 is 0. The van der Waals surface area contributed by atoms with Gasteiger partial charge in [-0.3, -0.25) is 0 Å². The van der Waals surface area contributed by atoms with Gasteiger partial charge in [0.2, 0.25) is 0 Å². The summed E-state index contributed by atoms with van der Waals surface area (Å²) in [4.78, 5) is 0. The molecule has 0 fully saturated rings. The maximum atomic E-state index is 10.0. The highest BCUT2D eigenvalue weighted by atomic mass is 16.3. The fourth-order valence-electron chi connectivity index (χ4n) is 1.88. The van der Waals surface area contributed by atoms with Crippen LogP contribution in [0.3, 0.4) is 0 Å². The Bertz CT molecular complexity index is 295. The fourth-order valence-corrected chi connectivity index (χ4v) is 1.88. The number of rotatable bonds is 5.